The summed E-state index contributed by atoms with van der Waals surface area (Å²) in [5.41, 5.74) is 2.78. The van der Waals surface area contributed by atoms with Crippen molar-refractivity contribution in [3.63, 3.8) is 0 Å². The minimum absolute atomic E-state index is 0.0861. The van der Waals surface area contributed by atoms with Gasteiger partial charge in [0.2, 0.25) is 5.95 Å². The second-order valence-corrected chi connectivity index (χ2v) is 10.1. The number of nitrogens with zero attached hydrogens (tertiary/aromatic N) is 4. The van der Waals surface area contributed by atoms with Crippen molar-refractivity contribution in [3.8, 4) is 11.3 Å². The monoisotopic (exact) mass is 421 g/mol. The number of aromatic nitrogens is 4. The van der Waals surface area contributed by atoms with E-state index < -0.39 is 19.9 Å². The second-order valence-electron chi connectivity index (χ2n) is 6.41. The number of sulfonamides is 1. The van der Waals surface area contributed by atoms with Gasteiger partial charge >= 0.3 is 0 Å². The molecule has 3 rings (SSSR count). The van der Waals surface area contributed by atoms with Crippen molar-refractivity contribution < 1.29 is 16.8 Å². The zero-order valence-electron chi connectivity index (χ0n) is 15.7. The first-order chi connectivity index (χ1) is 13.0. The minimum atomic E-state index is -4.03. The number of hydrogen-bond donors (Lipinski definition) is 1. The third kappa shape index (κ3) is 4.04. The maximum Gasteiger partial charge on any atom is 0.267 e. The molecule has 0 aliphatic heterocycles. The van der Waals surface area contributed by atoms with Gasteiger partial charge in [0.25, 0.3) is 10.0 Å². The first-order valence-electron chi connectivity index (χ1n) is 8.14. The Morgan fingerprint density at radius 1 is 1.04 bits per heavy atom. The standard InChI is InChI=1S/C17H19N5O4S2/c1-11-6-5-7-12(2)16(11)14-8-15(27(4,23)24)20-17(19-14)21-28(25,26)13-9-18-22(3)10-13/h5-10H,1-4H3,(H,19,20,21). The Labute approximate surface area is 163 Å². The fourth-order valence-electron chi connectivity index (χ4n) is 2.72. The van der Waals surface area contributed by atoms with E-state index in [2.05, 4.69) is 19.8 Å². The van der Waals surface area contributed by atoms with Crippen molar-refractivity contribution in [1.82, 2.24) is 19.7 Å². The molecule has 0 radical (unpaired) electrons. The maximum atomic E-state index is 12.6. The molecule has 2 heterocycles. The first kappa shape index (κ1) is 20.0. The predicted molar refractivity (Wildman–Crippen MR) is 104 cm³/mol. The van der Waals surface area contributed by atoms with E-state index in [-0.39, 0.29) is 15.9 Å². The predicted octanol–water partition coefficient (Wildman–Crippen LogP) is 1.70. The molecule has 0 aliphatic carbocycles. The zero-order chi connectivity index (χ0) is 20.7. The van der Waals surface area contributed by atoms with E-state index in [1.807, 2.05) is 32.0 Å². The fraction of sp³-hybridized carbons (Fsp3) is 0.235. The topological polar surface area (TPSA) is 124 Å². The largest absolute Gasteiger partial charge is 0.274 e. The molecule has 0 saturated heterocycles. The fourth-order valence-corrected chi connectivity index (χ4v) is 4.23. The van der Waals surface area contributed by atoms with Gasteiger partial charge in [-0.15, -0.1) is 0 Å². The van der Waals surface area contributed by atoms with Crippen LogP contribution in [0.4, 0.5) is 5.95 Å². The SMILES string of the molecule is Cc1cccc(C)c1-c1cc(S(C)(=O)=O)nc(NS(=O)(=O)c2cnn(C)c2)n1. The van der Waals surface area contributed by atoms with Crippen molar-refractivity contribution in [2.24, 2.45) is 7.05 Å². The van der Waals surface area contributed by atoms with Gasteiger partial charge in [-0.3, -0.25) is 4.68 Å². The summed E-state index contributed by atoms with van der Waals surface area (Å²) in [7, 11) is -6.14. The highest BCUT2D eigenvalue weighted by Gasteiger charge is 2.21. The van der Waals surface area contributed by atoms with Crippen LogP contribution in [0.15, 0.2) is 46.6 Å². The van der Waals surface area contributed by atoms with E-state index in [4.69, 9.17) is 0 Å². The number of anilines is 1. The Hall–Kier alpha value is -2.79. The number of aryl methyl sites for hydroxylation is 3. The summed E-state index contributed by atoms with van der Waals surface area (Å²) in [5, 5.41) is 3.56. The zero-order valence-corrected chi connectivity index (χ0v) is 17.3. The summed E-state index contributed by atoms with van der Waals surface area (Å²) in [6.07, 6.45) is 3.49. The molecule has 1 aromatic carbocycles. The van der Waals surface area contributed by atoms with Crippen molar-refractivity contribution in [2.75, 3.05) is 11.0 Å². The highest BCUT2D eigenvalue weighted by Crippen LogP contribution is 2.28. The average Bonchev–Trinajstić information content (AvgIpc) is 3.01. The summed E-state index contributed by atoms with van der Waals surface area (Å²) < 4.78 is 52.9. The van der Waals surface area contributed by atoms with E-state index in [1.165, 1.54) is 23.1 Å². The third-order valence-electron chi connectivity index (χ3n) is 4.04. The molecule has 11 heteroatoms. The average molecular weight is 422 g/mol. The number of benzene rings is 1. The molecule has 0 atom stereocenters. The van der Waals surface area contributed by atoms with E-state index in [1.54, 1.807) is 7.05 Å². The Balaban J connectivity index is 2.17. The normalized spacial score (nSPS) is 12.1. The lowest BCUT2D eigenvalue weighted by atomic mass is 10.00. The van der Waals surface area contributed by atoms with Gasteiger partial charge in [0.15, 0.2) is 14.9 Å². The Kier molecular flexibility index (Phi) is 4.98. The molecule has 1 N–H and O–H groups in total. The van der Waals surface area contributed by atoms with Crippen LogP contribution < -0.4 is 4.72 Å². The molecule has 2 aromatic heterocycles. The molecule has 28 heavy (non-hydrogen) atoms. The van der Waals surface area contributed by atoms with Gasteiger partial charge in [0.1, 0.15) is 4.90 Å². The van der Waals surface area contributed by atoms with Crippen LogP contribution in [0.5, 0.6) is 0 Å². The van der Waals surface area contributed by atoms with Crippen LogP contribution in [0.3, 0.4) is 0 Å². The molecule has 0 unspecified atom stereocenters. The Morgan fingerprint density at radius 2 is 1.68 bits per heavy atom. The van der Waals surface area contributed by atoms with Gasteiger partial charge in [-0.05, 0) is 25.0 Å². The van der Waals surface area contributed by atoms with E-state index in [0.29, 0.717) is 5.69 Å². The van der Waals surface area contributed by atoms with Crippen LogP contribution in [0.25, 0.3) is 11.3 Å². The van der Waals surface area contributed by atoms with Crippen LogP contribution in [0, 0.1) is 13.8 Å². The Bertz CT molecular complexity index is 1240. The van der Waals surface area contributed by atoms with Gasteiger partial charge in [-0.2, -0.15) is 5.10 Å². The molecule has 3 aromatic rings. The highest BCUT2D eigenvalue weighted by atomic mass is 32.2. The third-order valence-corrected chi connectivity index (χ3v) is 6.29. The summed E-state index contributed by atoms with van der Waals surface area (Å²) >= 11 is 0. The molecule has 0 fully saturated rings. The van der Waals surface area contributed by atoms with Gasteiger partial charge in [-0.25, -0.2) is 31.5 Å². The molecular weight excluding hydrogens is 402 g/mol. The lowest BCUT2D eigenvalue weighted by Gasteiger charge is -2.12. The minimum Gasteiger partial charge on any atom is -0.274 e. The van der Waals surface area contributed by atoms with Crippen molar-refractivity contribution >= 4 is 25.8 Å². The smallest absolute Gasteiger partial charge is 0.267 e. The van der Waals surface area contributed by atoms with Gasteiger partial charge in [0.05, 0.1) is 11.9 Å². The number of nitrogens with one attached hydrogen (secondary N) is 1. The molecular formula is C17H19N5O4S2. The maximum absolute atomic E-state index is 12.6. The summed E-state index contributed by atoms with van der Waals surface area (Å²) in [6, 6.07) is 6.94. The molecule has 0 bridgehead atoms. The molecule has 0 saturated carbocycles. The second kappa shape index (κ2) is 6.99. The molecule has 0 aliphatic rings. The molecule has 148 valence electrons. The van der Waals surface area contributed by atoms with Gasteiger partial charge < -0.3 is 0 Å². The van der Waals surface area contributed by atoms with Crippen LogP contribution in [0.1, 0.15) is 11.1 Å². The number of sulfone groups is 1. The van der Waals surface area contributed by atoms with Gasteiger partial charge in [0, 0.05) is 31.1 Å². The Morgan fingerprint density at radius 3 is 2.21 bits per heavy atom. The van der Waals surface area contributed by atoms with Crippen LogP contribution in [-0.2, 0) is 26.9 Å². The van der Waals surface area contributed by atoms with E-state index >= 15 is 0 Å². The number of hydrogen-bond acceptors (Lipinski definition) is 7. The summed E-state index contributed by atoms with van der Waals surface area (Å²) in [5.74, 6) is -0.329. The highest BCUT2D eigenvalue weighted by molar-refractivity contribution is 7.92. The lowest BCUT2D eigenvalue weighted by molar-refractivity contribution is 0.595. The number of rotatable bonds is 5. The molecule has 0 spiro atoms. The van der Waals surface area contributed by atoms with Crippen LogP contribution in [-0.4, -0.2) is 42.8 Å². The quantitative estimate of drug-likeness (QED) is 0.622. The van der Waals surface area contributed by atoms with E-state index in [9.17, 15) is 16.8 Å². The van der Waals surface area contributed by atoms with Crippen LogP contribution >= 0.6 is 0 Å². The van der Waals surface area contributed by atoms with Crippen LogP contribution in [0.2, 0.25) is 0 Å². The van der Waals surface area contributed by atoms with E-state index in [0.717, 1.165) is 22.9 Å². The molecule has 0 amide bonds. The van der Waals surface area contributed by atoms with Crippen molar-refractivity contribution in [3.05, 3.63) is 47.8 Å². The lowest BCUT2D eigenvalue weighted by Crippen LogP contribution is -2.16. The van der Waals surface area contributed by atoms with Gasteiger partial charge in [-0.1, -0.05) is 18.2 Å². The molecule has 9 nitrogen and oxygen atoms in total. The summed E-state index contributed by atoms with van der Waals surface area (Å²) in [6.45, 7) is 3.73. The van der Waals surface area contributed by atoms with Crippen molar-refractivity contribution in [2.45, 2.75) is 23.8 Å². The summed E-state index contributed by atoms with van der Waals surface area (Å²) in [4.78, 5) is 8.07. The van der Waals surface area contributed by atoms with Crippen molar-refractivity contribution in [1.29, 1.82) is 0 Å². The first-order valence-corrected chi connectivity index (χ1v) is 11.5.